The van der Waals surface area contributed by atoms with Gasteiger partial charge in [-0.15, -0.1) is 0 Å². The van der Waals surface area contributed by atoms with E-state index in [1.165, 1.54) is 12.4 Å². The number of carbonyl (C=O) groups excluding carboxylic acids is 1. The summed E-state index contributed by atoms with van der Waals surface area (Å²) >= 11 is 0. The summed E-state index contributed by atoms with van der Waals surface area (Å²) in [5.74, 6) is 1.16. The van der Waals surface area contributed by atoms with Crippen LogP contribution in [0.1, 0.15) is 42.4 Å². The molecule has 1 fully saturated rings. The lowest BCUT2D eigenvalue weighted by atomic mass is 9.82. The van der Waals surface area contributed by atoms with Crippen molar-refractivity contribution in [2.75, 3.05) is 0 Å². The Morgan fingerprint density at radius 3 is 2.78 bits per heavy atom. The van der Waals surface area contributed by atoms with E-state index in [-0.39, 0.29) is 17.8 Å². The first kappa shape index (κ1) is 14.0. The van der Waals surface area contributed by atoms with Crippen LogP contribution in [-0.4, -0.2) is 42.4 Å². The summed E-state index contributed by atoms with van der Waals surface area (Å²) in [4.78, 5) is 30.9. The number of rotatable bonds is 2. The number of fused-ring (bicyclic) bond motifs is 4. The third kappa shape index (κ3) is 2.23. The Morgan fingerprint density at radius 1 is 1.26 bits per heavy atom. The smallest absolute Gasteiger partial charge is 0.210 e. The van der Waals surface area contributed by atoms with Crippen molar-refractivity contribution in [1.82, 2.24) is 24.8 Å². The van der Waals surface area contributed by atoms with Gasteiger partial charge in [0.2, 0.25) is 6.41 Å². The fraction of sp³-hybridized carbons (Fsp3) is 0.438. The summed E-state index contributed by atoms with van der Waals surface area (Å²) in [7, 11) is 0. The van der Waals surface area contributed by atoms with E-state index in [9.17, 15) is 9.90 Å². The molecule has 4 heterocycles. The van der Waals surface area contributed by atoms with Gasteiger partial charge in [0.1, 0.15) is 11.5 Å². The normalized spacial score (nSPS) is 22.6. The summed E-state index contributed by atoms with van der Waals surface area (Å²) in [5.41, 5.74) is 2.68. The van der Waals surface area contributed by atoms with Crippen LogP contribution in [0.4, 0.5) is 0 Å². The van der Waals surface area contributed by atoms with Crippen LogP contribution in [0, 0.1) is 6.92 Å². The zero-order valence-corrected chi connectivity index (χ0v) is 12.8. The lowest BCUT2D eigenvalue weighted by Gasteiger charge is -2.44. The van der Waals surface area contributed by atoms with Gasteiger partial charge in [0.25, 0.3) is 0 Å². The molecular formula is C16H17N5O2. The monoisotopic (exact) mass is 311 g/mol. The minimum atomic E-state index is 0.0209. The maximum absolute atomic E-state index is 11.5. The fourth-order valence-electron chi connectivity index (χ4n) is 3.70. The molecule has 0 aromatic carbocycles. The van der Waals surface area contributed by atoms with Gasteiger partial charge < -0.3 is 10.0 Å². The lowest BCUT2D eigenvalue weighted by Crippen LogP contribution is -2.46. The number of nitrogens with zero attached hydrogens (tertiary/aromatic N) is 5. The Morgan fingerprint density at radius 2 is 2.04 bits per heavy atom. The van der Waals surface area contributed by atoms with E-state index >= 15 is 0 Å². The first-order chi connectivity index (χ1) is 11.2. The molecule has 2 bridgehead atoms. The van der Waals surface area contributed by atoms with Gasteiger partial charge in [-0.05, 0) is 32.6 Å². The van der Waals surface area contributed by atoms with E-state index in [0.29, 0.717) is 11.6 Å². The molecule has 1 amide bonds. The van der Waals surface area contributed by atoms with E-state index in [2.05, 4.69) is 19.9 Å². The van der Waals surface area contributed by atoms with Crippen molar-refractivity contribution >= 4 is 6.41 Å². The van der Waals surface area contributed by atoms with E-state index in [4.69, 9.17) is 0 Å². The number of hydrogen-bond acceptors (Lipinski definition) is 6. The highest BCUT2D eigenvalue weighted by Gasteiger charge is 2.39. The third-order valence-corrected chi connectivity index (χ3v) is 4.67. The summed E-state index contributed by atoms with van der Waals surface area (Å²) in [6.45, 7) is 1.84. The SMILES string of the molecule is Cc1nc(-c2ncc(O)cn2)c2c(n1)C1CCCC(C2)N1C=O. The quantitative estimate of drug-likeness (QED) is 0.846. The average Bonchev–Trinajstić information content (AvgIpc) is 2.55. The van der Waals surface area contributed by atoms with Gasteiger partial charge in [0, 0.05) is 11.6 Å². The number of hydrogen-bond donors (Lipinski definition) is 1. The Labute approximate surface area is 133 Å². The highest BCUT2D eigenvalue weighted by atomic mass is 16.3. The van der Waals surface area contributed by atoms with E-state index in [1.807, 2.05) is 11.8 Å². The van der Waals surface area contributed by atoms with Crippen LogP contribution in [0.2, 0.25) is 0 Å². The van der Waals surface area contributed by atoms with Gasteiger partial charge in [0.05, 0.1) is 24.1 Å². The average molecular weight is 311 g/mol. The molecule has 1 N–H and O–H groups in total. The number of carbonyl (C=O) groups is 1. The van der Waals surface area contributed by atoms with Crippen molar-refractivity contribution in [3.63, 3.8) is 0 Å². The summed E-state index contributed by atoms with van der Waals surface area (Å²) < 4.78 is 0. The van der Waals surface area contributed by atoms with Gasteiger partial charge in [-0.3, -0.25) is 4.79 Å². The Balaban J connectivity index is 1.89. The number of aromatic nitrogens is 4. The molecule has 0 saturated carbocycles. The minimum Gasteiger partial charge on any atom is -0.505 e. The van der Waals surface area contributed by atoms with Crippen molar-refractivity contribution < 1.29 is 9.90 Å². The third-order valence-electron chi connectivity index (χ3n) is 4.67. The Bertz CT molecular complexity index is 762. The largest absolute Gasteiger partial charge is 0.505 e. The topological polar surface area (TPSA) is 92.1 Å². The molecule has 0 aliphatic carbocycles. The number of amides is 1. The second-order valence-electron chi connectivity index (χ2n) is 6.11. The molecule has 2 aliphatic rings. The first-order valence-electron chi connectivity index (χ1n) is 7.79. The Kier molecular flexibility index (Phi) is 3.21. The van der Waals surface area contributed by atoms with Crippen LogP contribution in [0.5, 0.6) is 5.75 Å². The molecule has 2 atom stereocenters. The van der Waals surface area contributed by atoms with Crippen molar-refractivity contribution in [2.45, 2.75) is 44.7 Å². The van der Waals surface area contributed by atoms with Crippen molar-refractivity contribution in [3.05, 3.63) is 29.5 Å². The minimum absolute atomic E-state index is 0.0209. The van der Waals surface area contributed by atoms with E-state index in [0.717, 1.165) is 49.0 Å². The molecule has 23 heavy (non-hydrogen) atoms. The summed E-state index contributed by atoms with van der Waals surface area (Å²) in [5, 5.41) is 9.39. The van der Waals surface area contributed by atoms with Crippen molar-refractivity contribution in [1.29, 1.82) is 0 Å². The van der Waals surface area contributed by atoms with Gasteiger partial charge in [-0.1, -0.05) is 0 Å². The van der Waals surface area contributed by atoms with Gasteiger partial charge >= 0.3 is 0 Å². The van der Waals surface area contributed by atoms with Crippen LogP contribution < -0.4 is 0 Å². The van der Waals surface area contributed by atoms with E-state index < -0.39 is 0 Å². The van der Waals surface area contributed by atoms with E-state index in [1.54, 1.807) is 0 Å². The van der Waals surface area contributed by atoms with Crippen LogP contribution in [-0.2, 0) is 11.2 Å². The van der Waals surface area contributed by atoms with Crippen LogP contribution >= 0.6 is 0 Å². The molecule has 7 heteroatoms. The standard InChI is InChI=1S/C16H17N5O2/c1-9-19-14-12(5-10-3-2-4-13(14)21(10)8-22)15(20-9)16-17-6-11(23)7-18-16/h6-8,10,13,23H,2-5H2,1H3. The lowest BCUT2D eigenvalue weighted by molar-refractivity contribution is -0.125. The molecule has 2 unspecified atom stereocenters. The Hall–Kier alpha value is -2.57. The first-order valence-corrected chi connectivity index (χ1v) is 7.79. The zero-order chi connectivity index (χ0) is 16.0. The molecule has 7 nitrogen and oxygen atoms in total. The number of aromatic hydroxyl groups is 1. The zero-order valence-electron chi connectivity index (χ0n) is 12.8. The molecule has 2 aromatic rings. The molecule has 1 saturated heterocycles. The maximum Gasteiger partial charge on any atom is 0.210 e. The van der Waals surface area contributed by atoms with Crippen LogP contribution in [0.15, 0.2) is 12.4 Å². The molecule has 2 aliphatic heterocycles. The fourth-order valence-corrected chi connectivity index (χ4v) is 3.70. The number of aryl methyl sites for hydroxylation is 1. The second kappa shape index (κ2) is 5.26. The number of piperidine rings is 1. The molecule has 4 rings (SSSR count). The van der Waals surface area contributed by atoms with Crippen LogP contribution in [0.3, 0.4) is 0 Å². The highest BCUT2D eigenvalue weighted by molar-refractivity contribution is 5.60. The van der Waals surface area contributed by atoms with Gasteiger partial charge in [-0.25, -0.2) is 19.9 Å². The molecule has 0 spiro atoms. The molecule has 0 radical (unpaired) electrons. The predicted octanol–water partition coefficient (Wildman–Crippen LogP) is 1.56. The van der Waals surface area contributed by atoms with Crippen molar-refractivity contribution in [3.8, 4) is 17.3 Å². The van der Waals surface area contributed by atoms with Crippen LogP contribution in [0.25, 0.3) is 11.5 Å². The maximum atomic E-state index is 11.5. The van der Waals surface area contributed by atoms with Gasteiger partial charge in [-0.2, -0.15) is 0 Å². The van der Waals surface area contributed by atoms with Gasteiger partial charge in [0.15, 0.2) is 11.6 Å². The van der Waals surface area contributed by atoms with Crippen molar-refractivity contribution in [2.24, 2.45) is 0 Å². The second-order valence-corrected chi connectivity index (χ2v) is 6.11. The predicted molar refractivity (Wildman–Crippen MR) is 81.4 cm³/mol. The molecule has 118 valence electrons. The molecular weight excluding hydrogens is 294 g/mol. The highest BCUT2D eigenvalue weighted by Crippen LogP contribution is 2.42. The summed E-state index contributed by atoms with van der Waals surface area (Å²) in [6.07, 6.45) is 7.44. The summed E-state index contributed by atoms with van der Waals surface area (Å²) in [6, 6.07) is 0.216. The molecule has 2 aromatic heterocycles.